The molecule has 0 spiro atoms. The van der Waals surface area contributed by atoms with Crippen LogP contribution in [0.1, 0.15) is 24.3 Å². The summed E-state index contributed by atoms with van der Waals surface area (Å²) in [6.45, 7) is 4.04. The number of nitrogens with zero attached hydrogens (tertiary/aromatic N) is 3. The number of hydrogen-bond acceptors (Lipinski definition) is 4. The third-order valence-corrected chi connectivity index (χ3v) is 2.77. The summed E-state index contributed by atoms with van der Waals surface area (Å²) >= 11 is 0. The first-order chi connectivity index (χ1) is 9.58. The zero-order chi connectivity index (χ0) is 14.5. The van der Waals surface area contributed by atoms with E-state index in [9.17, 15) is 4.79 Å². The van der Waals surface area contributed by atoms with Gasteiger partial charge in [0.05, 0.1) is 0 Å². The fourth-order valence-corrected chi connectivity index (χ4v) is 1.76. The fraction of sp³-hybridized carbons (Fsp3) is 0.267. The van der Waals surface area contributed by atoms with E-state index in [4.69, 9.17) is 0 Å². The van der Waals surface area contributed by atoms with Crippen molar-refractivity contribution in [1.29, 1.82) is 0 Å². The Kier molecular flexibility index (Phi) is 4.30. The van der Waals surface area contributed by atoms with Crippen LogP contribution >= 0.6 is 0 Å². The maximum atomic E-state index is 12.3. The molecule has 0 atom stereocenters. The SMILES string of the molecule is CC(C)Nc1ccc(C(=O)N(C)c2ccccc2)nn1. The first-order valence-electron chi connectivity index (χ1n) is 6.51. The minimum atomic E-state index is -0.181. The van der Waals surface area contributed by atoms with Crippen molar-refractivity contribution in [1.82, 2.24) is 10.2 Å². The number of carbonyl (C=O) groups excluding carboxylic acids is 1. The molecule has 0 aliphatic rings. The van der Waals surface area contributed by atoms with Crippen LogP contribution in [0.15, 0.2) is 42.5 Å². The molecule has 20 heavy (non-hydrogen) atoms. The summed E-state index contributed by atoms with van der Waals surface area (Å²) < 4.78 is 0. The second kappa shape index (κ2) is 6.14. The van der Waals surface area contributed by atoms with Gasteiger partial charge in [0.25, 0.3) is 5.91 Å². The van der Waals surface area contributed by atoms with Crippen LogP contribution in [-0.2, 0) is 0 Å². The van der Waals surface area contributed by atoms with Crippen molar-refractivity contribution in [3.63, 3.8) is 0 Å². The smallest absolute Gasteiger partial charge is 0.278 e. The number of carbonyl (C=O) groups is 1. The van der Waals surface area contributed by atoms with E-state index < -0.39 is 0 Å². The molecule has 2 rings (SSSR count). The average Bonchev–Trinajstić information content (AvgIpc) is 2.47. The van der Waals surface area contributed by atoms with Gasteiger partial charge in [-0.15, -0.1) is 10.2 Å². The molecule has 0 unspecified atom stereocenters. The fourth-order valence-electron chi connectivity index (χ4n) is 1.76. The highest BCUT2D eigenvalue weighted by Crippen LogP contribution is 2.14. The highest BCUT2D eigenvalue weighted by molar-refractivity contribution is 6.04. The van der Waals surface area contributed by atoms with Crippen LogP contribution in [0.4, 0.5) is 11.5 Å². The largest absolute Gasteiger partial charge is 0.366 e. The van der Waals surface area contributed by atoms with Gasteiger partial charge >= 0.3 is 0 Å². The van der Waals surface area contributed by atoms with Gasteiger partial charge in [-0.05, 0) is 38.1 Å². The molecule has 104 valence electrons. The Labute approximate surface area is 118 Å². The van der Waals surface area contributed by atoms with Crippen molar-refractivity contribution >= 4 is 17.4 Å². The summed E-state index contributed by atoms with van der Waals surface area (Å²) in [5, 5.41) is 11.1. The summed E-state index contributed by atoms with van der Waals surface area (Å²) in [5.41, 5.74) is 1.15. The molecule has 1 amide bonds. The molecular weight excluding hydrogens is 252 g/mol. The lowest BCUT2D eigenvalue weighted by Crippen LogP contribution is -2.27. The summed E-state index contributed by atoms with van der Waals surface area (Å²) in [6, 6.07) is 13.2. The summed E-state index contributed by atoms with van der Waals surface area (Å²) in [4.78, 5) is 13.8. The lowest BCUT2D eigenvalue weighted by molar-refractivity contribution is 0.0987. The molecule has 0 fully saturated rings. The molecule has 0 bridgehead atoms. The van der Waals surface area contributed by atoms with Gasteiger partial charge in [0.1, 0.15) is 5.82 Å². The van der Waals surface area contributed by atoms with Crippen molar-refractivity contribution in [2.75, 3.05) is 17.3 Å². The van der Waals surface area contributed by atoms with Crippen molar-refractivity contribution in [2.45, 2.75) is 19.9 Å². The van der Waals surface area contributed by atoms with E-state index in [1.54, 1.807) is 24.1 Å². The average molecular weight is 270 g/mol. The normalized spacial score (nSPS) is 10.4. The molecule has 0 saturated heterocycles. The van der Waals surface area contributed by atoms with Crippen LogP contribution in [0.2, 0.25) is 0 Å². The Morgan fingerprint density at radius 1 is 1.10 bits per heavy atom. The van der Waals surface area contributed by atoms with Crippen molar-refractivity contribution in [2.24, 2.45) is 0 Å². The zero-order valence-electron chi connectivity index (χ0n) is 11.9. The van der Waals surface area contributed by atoms with Crippen LogP contribution in [0, 0.1) is 0 Å². The van der Waals surface area contributed by atoms with Crippen LogP contribution in [-0.4, -0.2) is 29.2 Å². The Morgan fingerprint density at radius 2 is 1.80 bits per heavy atom. The van der Waals surface area contributed by atoms with Gasteiger partial charge in [-0.1, -0.05) is 18.2 Å². The molecule has 1 aromatic carbocycles. The van der Waals surface area contributed by atoms with Crippen LogP contribution < -0.4 is 10.2 Å². The Bertz CT molecular complexity index is 566. The van der Waals surface area contributed by atoms with Crippen molar-refractivity contribution in [3.8, 4) is 0 Å². The van der Waals surface area contributed by atoms with Crippen molar-refractivity contribution < 1.29 is 4.79 Å². The third-order valence-electron chi connectivity index (χ3n) is 2.77. The second-order valence-corrected chi connectivity index (χ2v) is 4.80. The quantitative estimate of drug-likeness (QED) is 0.927. The molecule has 1 heterocycles. The molecular formula is C15H18N4O. The number of hydrogen-bond donors (Lipinski definition) is 1. The van der Waals surface area contributed by atoms with Gasteiger partial charge < -0.3 is 10.2 Å². The molecule has 5 heteroatoms. The third kappa shape index (κ3) is 3.32. The van der Waals surface area contributed by atoms with E-state index in [0.717, 1.165) is 5.69 Å². The molecule has 1 N–H and O–H groups in total. The predicted molar refractivity (Wildman–Crippen MR) is 80.0 cm³/mol. The topological polar surface area (TPSA) is 58.1 Å². The maximum absolute atomic E-state index is 12.3. The number of para-hydroxylation sites is 1. The Balaban J connectivity index is 2.13. The number of amides is 1. The predicted octanol–water partition coefficient (Wildman–Crippen LogP) is 2.57. The van der Waals surface area contributed by atoms with E-state index in [1.807, 2.05) is 44.2 Å². The highest BCUT2D eigenvalue weighted by Gasteiger charge is 2.15. The molecule has 0 aliphatic heterocycles. The molecule has 0 saturated carbocycles. The van der Waals surface area contributed by atoms with E-state index in [0.29, 0.717) is 11.5 Å². The second-order valence-electron chi connectivity index (χ2n) is 4.80. The van der Waals surface area contributed by atoms with E-state index >= 15 is 0 Å². The number of rotatable bonds is 4. The zero-order valence-corrected chi connectivity index (χ0v) is 11.9. The number of nitrogens with one attached hydrogen (secondary N) is 1. The lowest BCUT2D eigenvalue weighted by atomic mass is 10.2. The summed E-state index contributed by atoms with van der Waals surface area (Å²) in [6.07, 6.45) is 0. The molecule has 5 nitrogen and oxygen atoms in total. The van der Waals surface area contributed by atoms with Gasteiger partial charge in [-0.3, -0.25) is 4.79 Å². The summed E-state index contributed by atoms with van der Waals surface area (Å²) in [7, 11) is 1.72. The van der Waals surface area contributed by atoms with Gasteiger partial charge in [-0.25, -0.2) is 0 Å². The van der Waals surface area contributed by atoms with Gasteiger partial charge in [-0.2, -0.15) is 0 Å². The van der Waals surface area contributed by atoms with E-state index in [1.165, 1.54) is 0 Å². The molecule has 0 radical (unpaired) electrons. The van der Waals surface area contributed by atoms with Crippen LogP contribution in [0.3, 0.4) is 0 Å². The molecule has 1 aromatic heterocycles. The first-order valence-corrected chi connectivity index (χ1v) is 6.51. The highest BCUT2D eigenvalue weighted by atomic mass is 16.2. The maximum Gasteiger partial charge on any atom is 0.278 e. The summed E-state index contributed by atoms with van der Waals surface area (Å²) in [5.74, 6) is 0.485. The van der Waals surface area contributed by atoms with E-state index in [2.05, 4.69) is 15.5 Å². The Hall–Kier alpha value is -2.43. The van der Waals surface area contributed by atoms with E-state index in [-0.39, 0.29) is 11.9 Å². The lowest BCUT2D eigenvalue weighted by Gasteiger charge is -2.16. The minimum absolute atomic E-state index is 0.181. The number of anilines is 2. The first kappa shape index (κ1) is 14.0. The minimum Gasteiger partial charge on any atom is -0.366 e. The van der Waals surface area contributed by atoms with Gasteiger partial charge in [0.2, 0.25) is 0 Å². The van der Waals surface area contributed by atoms with Gasteiger partial charge in [0, 0.05) is 18.8 Å². The van der Waals surface area contributed by atoms with Crippen LogP contribution in [0.5, 0.6) is 0 Å². The molecule has 0 aliphatic carbocycles. The monoisotopic (exact) mass is 270 g/mol. The van der Waals surface area contributed by atoms with Gasteiger partial charge in [0.15, 0.2) is 5.69 Å². The Morgan fingerprint density at radius 3 is 2.35 bits per heavy atom. The standard InChI is InChI=1S/C15H18N4O/c1-11(2)16-14-10-9-13(17-18-14)15(20)19(3)12-7-5-4-6-8-12/h4-11H,1-3H3,(H,16,18). The van der Waals surface area contributed by atoms with Crippen LogP contribution in [0.25, 0.3) is 0 Å². The molecule has 2 aromatic rings. The van der Waals surface area contributed by atoms with Crippen molar-refractivity contribution in [3.05, 3.63) is 48.2 Å². The number of benzene rings is 1. The number of aromatic nitrogens is 2.